The summed E-state index contributed by atoms with van der Waals surface area (Å²) in [6.45, 7) is 4.18. The molecule has 0 aliphatic rings. The second-order valence-electron chi connectivity index (χ2n) is 5.83. The SMILES string of the molecule is CC(C)c1ccc(CS(=O)CC(=O)Nc2cc(F)cc(F)c2)cc1. The molecule has 1 amide bonds. The Hall–Kier alpha value is -2.08. The third-order valence-electron chi connectivity index (χ3n) is 3.41. The van der Waals surface area contributed by atoms with Crippen molar-refractivity contribution in [3.8, 4) is 0 Å². The summed E-state index contributed by atoms with van der Waals surface area (Å²) >= 11 is 0. The molecule has 0 saturated carbocycles. The van der Waals surface area contributed by atoms with E-state index in [9.17, 15) is 17.8 Å². The van der Waals surface area contributed by atoms with Gasteiger partial charge in [0, 0.05) is 28.3 Å². The second kappa shape index (κ2) is 8.15. The van der Waals surface area contributed by atoms with Crippen molar-refractivity contribution in [2.75, 3.05) is 11.1 Å². The molecule has 2 aromatic carbocycles. The van der Waals surface area contributed by atoms with E-state index in [1.807, 2.05) is 24.3 Å². The summed E-state index contributed by atoms with van der Waals surface area (Å²) in [6.07, 6.45) is 0. The molecular formula is C18H19F2NO2S. The minimum absolute atomic E-state index is 0.00999. The molecule has 128 valence electrons. The van der Waals surface area contributed by atoms with Crippen molar-refractivity contribution in [2.24, 2.45) is 0 Å². The van der Waals surface area contributed by atoms with Crippen molar-refractivity contribution >= 4 is 22.4 Å². The first-order chi connectivity index (χ1) is 11.3. The molecule has 1 unspecified atom stereocenters. The van der Waals surface area contributed by atoms with Crippen LogP contribution in [0.1, 0.15) is 30.9 Å². The highest BCUT2D eigenvalue weighted by molar-refractivity contribution is 7.84. The van der Waals surface area contributed by atoms with E-state index >= 15 is 0 Å². The van der Waals surface area contributed by atoms with E-state index in [1.54, 1.807) is 0 Å². The maximum atomic E-state index is 13.1. The lowest BCUT2D eigenvalue weighted by Crippen LogP contribution is -2.20. The molecule has 1 N–H and O–H groups in total. The summed E-state index contributed by atoms with van der Waals surface area (Å²) in [5.41, 5.74) is 2.08. The Bertz CT molecular complexity index is 725. The summed E-state index contributed by atoms with van der Waals surface area (Å²) in [5, 5.41) is 2.35. The van der Waals surface area contributed by atoms with Gasteiger partial charge in [0.15, 0.2) is 0 Å². The highest BCUT2D eigenvalue weighted by Crippen LogP contribution is 2.16. The fourth-order valence-electron chi connectivity index (χ4n) is 2.20. The van der Waals surface area contributed by atoms with Gasteiger partial charge >= 0.3 is 0 Å². The summed E-state index contributed by atoms with van der Waals surface area (Å²) in [6, 6.07) is 10.5. The van der Waals surface area contributed by atoms with Crippen molar-refractivity contribution in [3.05, 3.63) is 65.2 Å². The minimum atomic E-state index is -1.40. The van der Waals surface area contributed by atoms with Crippen molar-refractivity contribution in [3.63, 3.8) is 0 Å². The van der Waals surface area contributed by atoms with Gasteiger partial charge in [0.25, 0.3) is 0 Å². The molecule has 0 heterocycles. The summed E-state index contributed by atoms with van der Waals surface area (Å²) in [5.74, 6) is -1.67. The van der Waals surface area contributed by atoms with Crippen LogP contribution in [0.25, 0.3) is 0 Å². The first-order valence-electron chi connectivity index (χ1n) is 7.53. The molecule has 0 radical (unpaired) electrons. The maximum Gasteiger partial charge on any atom is 0.237 e. The van der Waals surface area contributed by atoms with Crippen molar-refractivity contribution in [1.82, 2.24) is 0 Å². The predicted octanol–water partition coefficient (Wildman–Crippen LogP) is 3.98. The van der Waals surface area contributed by atoms with Crippen LogP contribution in [0.4, 0.5) is 14.5 Å². The van der Waals surface area contributed by atoms with Gasteiger partial charge in [0.05, 0.1) is 0 Å². The normalized spacial score (nSPS) is 12.2. The number of rotatable bonds is 6. The Morgan fingerprint density at radius 3 is 2.21 bits per heavy atom. The number of carbonyl (C=O) groups is 1. The van der Waals surface area contributed by atoms with Crippen LogP contribution in [0.5, 0.6) is 0 Å². The van der Waals surface area contributed by atoms with Crippen LogP contribution in [0.2, 0.25) is 0 Å². The Morgan fingerprint density at radius 2 is 1.67 bits per heavy atom. The molecule has 0 aliphatic carbocycles. The molecule has 0 saturated heterocycles. The van der Waals surface area contributed by atoms with Gasteiger partial charge < -0.3 is 5.32 Å². The summed E-state index contributed by atoms with van der Waals surface area (Å²) in [4.78, 5) is 11.8. The molecule has 0 fully saturated rings. The van der Waals surface area contributed by atoms with E-state index in [1.165, 1.54) is 5.56 Å². The smallest absolute Gasteiger partial charge is 0.237 e. The van der Waals surface area contributed by atoms with Crippen molar-refractivity contribution in [1.29, 1.82) is 0 Å². The standard InChI is InChI=1S/C18H19F2NO2S/c1-12(2)14-5-3-13(4-6-14)10-24(23)11-18(22)21-17-8-15(19)7-16(20)9-17/h3-9,12H,10-11H2,1-2H3,(H,21,22). The van der Waals surface area contributed by atoms with Gasteiger partial charge in [-0.2, -0.15) is 0 Å². The number of benzene rings is 2. The highest BCUT2D eigenvalue weighted by atomic mass is 32.2. The van der Waals surface area contributed by atoms with E-state index in [-0.39, 0.29) is 17.2 Å². The molecule has 2 rings (SSSR count). The molecular weight excluding hydrogens is 332 g/mol. The fourth-order valence-corrected chi connectivity index (χ4v) is 3.24. The van der Waals surface area contributed by atoms with E-state index in [0.717, 1.165) is 17.7 Å². The van der Waals surface area contributed by atoms with E-state index < -0.39 is 28.3 Å². The molecule has 0 bridgehead atoms. The Morgan fingerprint density at radius 1 is 1.08 bits per heavy atom. The number of hydrogen-bond acceptors (Lipinski definition) is 2. The summed E-state index contributed by atoms with van der Waals surface area (Å²) in [7, 11) is -1.40. The predicted molar refractivity (Wildman–Crippen MR) is 92.2 cm³/mol. The lowest BCUT2D eigenvalue weighted by Gasteiger charge is -2.08. The quantitative estimate of drug-likeness (QED) is 0.856. The number of amides is 1. The van der Waals surface area contributed by atoms with Crippen LogP contribution in [-0.4, -0.2) is 15.9 Å². The third-order valence-corrected chi connectivity index (χ3v) is 4.65. The first kappa shape index (κ1) is 18.3. The number of anilines is 1. The van der Waals surface area contributed by atoms with Gasteiger partial charge in [-0.3, -0.25) is 9.00 Å². The molecule has 0 spiro atoms. The van der Waals surface area contributed by atoms with Crippen molar-refractivity contribution in [2.45, 2.75) is 25.5 Å². The van der Waals surface area contributed by atoms with Crippen LogP contribution >= 0.6 is 0 Å². The maximum absolute atomic E-state index is 13.1. The number of halogens is 2. The molecule has 3 nitrogen and oxygen atoms in total. The molecule has 24 heavy (non-hydrogen) atoms. The lowest BCUT2D eigenvalue weighted by atomic mass is 10.0. The average Bonchev–Trinajstić information content (AvgIpc) is 2.46. The largest absolute Gasteiger partial charge is 0.325 e. The second-order valence-corrected chi connectivity index (χ2v) is 7.29. The fraction of sp³-hybridized carbons (Fsp3) is 0.278. The van der Waals surface area contributed by atoms with E-state index in [4.69, 9.17) is 0 Å². The zero-order valence-corrected chi connectivity index (χ0v) is 14.3. The van der Waals surface area contributed by atoms with Gasteiger partial charge in [0.1, 0.15) is 17.4 Å². The molecule has 2 aromatic rings. The van der Waals surface area contributed by atoms with Gasteiger partial charge in [-0.15, -0.1) is 0 Å². The topological polar surface area (TPSA) is 46.2 Å². The molecule has 0 aromatic heterocycles. The van der Waals surface area contributed by atoms with Crippen molar-refractivity contribution < 1.29 is 17.8 Å². The Balaban J connectivity index is 1.90. The Kier molecular flexibility index (Phi) is 6.20. The van der Waals surface area contributed by atoms with Crippen LogP contribution < -0.4 is 5.32 Å². The lowest BCUT2D eigenvalue weighted by molar-refractivity contribution is -0.113. The minimum Gasteiger partial charge on any atom is -0.325 e. The summed E-state index contributed by atoms with van der Waals surface area (Å²) < 4.78 is 38.2. The zero-order valence-electron chi connectivity index (χ0n) is 13.5. The number of hydrogen-bond donors (Lipinski definition) is 1. The van der Waals surface area contributed by atoms with Crippen LogP contribution in [0.3, 0.4) is 0 Å². The Labute approximate surface area is 142 Å². The van der Waals surface area contributed by atoms with Crippen LogP contribution in [0.15, 0.2) is 42.5 Å². The first-order valence-corrected chi connectivity index (χ1v) is 9.02. The monoisotopic (exact) mass is 351 g/mol. The third kappa shape index (κ3) is 5.53. The van der Waals surface area contributed by atoms with Gasteiger partial charge in [-0.25, -0.2) is 8.78 Å². The van der Waals surface area contributed by atoms with E-state index in [2.05, 4.69) is 19.2 Å². The molecule has 6 heteroatoms. The molecule has 0 aliphatic heterocycles. The van der Waals surface area contributed by atoms with E-state index in [0.29, 0.717) is 12.0 Å². The van der Waals surface area contributed by atoms with Crippen LogP contribution in [-0.2, 0) is 21.3 Å². The average molecular weight is 351 g/mol. The number of carbonyl (C=O) groups excluding carboxylic acids is 1. The van der Waals surface area contributed by atoms with Gasteiger partial charge in [-0.05, 0) is 29.2 Å². The zero-order chi connectivity index (χ0) is 17.7. The van der Waals surface area contributed by atoms with Gasteiger partial charge in [0.2, 0.25) is 5.91 Å². The highest BCUT2D eigenvalue weighted by Gasteiger charge is 2.11. The molecule has 1 atom stereocenters. The number of nitrogens with one attached hydrogen (secondary N) is 1. The van der Waals surface area contributed by atoms with Gasteiger partial charge in [-0.1, -0.05) is 38.1 Å². The van der Waals surface area contributed by atoms with Crippen LogP contribution in [0, 0.1) is 11.6 Å².